The minimum atomic E-state index is 0.835. The third-order valence-electron chi connectivity index (χ3n) is 10.4. The zero-order chi connectivity index (χ0) is 32.8. The van der Waals surface area contributed by atoms with Gasteiger partial charge in [0.25, 0.3) is 0 Å². The third-order valence-corrected chi connectivity index (χ3v) is 10.4. The van der Waals surface area contributed by atoms with Gasteiger partial charge in [-0.15, -0.1) is 0 Å². The summed E-state index contributed by atoms with van der Waals surface area (Å²) in [5.41, 5.74) is 10.7. The first kappa shape index (κ1) is 27.3. The lowest BCUT2D eigenvalue weighted by Gasteiger charge is -2.18. The molecule has 0 atom stereocenters. The van der Waals surface area contributed by atoms with Crippen molar-refractivity contribution in [2.45, 2.75) is 0 Å². The molecular formula is C48H28O2. The lowest BCUT2D eigenvalue weighted by atomic mass is 9.85. The van der Waals surface area contributed by atoms with Gasteiger partial charge in [0.1, 0.15) is 22.3 Å². The van der Waals surface area contributed by atoms with Gasteiger partial charge in [0.2, 0.25) is 0 Å². The fourth-order valence-corrected chi connectivity index (χ4v) is 8.17. The topological polar surface area (TPSA) is 26.3 Å². The second-order valence-electron chi connectivity index (χ2n) is 13.2. The molecule has 2 heterocycles. The van der Waals surface area contributed by atoms with Crippen LogP contribution in [0.1, 0.15) is 0 Å². The predicted molar refractivity (Wildman–Crippen MR) is 210 cm³/mol. The summed E-state index contributed by atoms with van der Waals surface area (Å²) >= 11 is 0. The van der Waals surface area contributed by atoms with Gasteiger partial charge in [-0.3, -0.25) is 0 Å². The van der Waals surface area contributed by atoms with Crippen LogP contribution in [0, 0.1) is 0 Å². The van der Waals surface area contributed by atoms with Crippen LogP contribution in [0.4, 0.5) is 0 Å². The van der Waals surface area contributed by atoms with Crippen LogP contribution in [0.5, 0.6) is 0 Å². The van der Waals surface area contributed by atoms with Gasteiger partial charge in [0, 0.05) is 16.2 Å². The normalized spacial score (nSPS) is 12.0. The smallest absolute Gasteiger partial charge is 0.147 e. The maximum Gasteiger partial charge on any atom is 0.147 e. The van der Waals surface area contributed by atoms with E-state index in [0.29, 0.717) is 0 Å². The van der Waals surface area contributed by atoms with E-state index in [-0.39, 0.29) is 0 Å². The summed E-state index contributed by atoms with van der Waals surface area (Å²) in [5, 5.41) is 11.8. The van der Waals surface area contributed by atoms with Gasteiger partial charge >= 0.3 is 0 Å². The Labute approximate surface area is 287 Å². The Morgan fingerprint density at radius 3 is 1.60 bits per heavy atom. The van der Waals surface area contributed by atoms with Crippen LogP contribution in [0.15, 0.2) is 179 Å². The Kier molecular flexibility index (Phi) is 5.70. The van der Waals surface area contributed by atoms with E-state index in [2.05, 4.69) is 158 Å². The van der Waals surface area contributed by atoms with Gasteiger partial charge in [-0.2, -0.15) is 0 Å². The zero-order valence-electron chi connectivity index (χ0n) is 27.0. The molecule has 2 nitrogen and oxygen atoms in total. The number of hydrogen-bond acceptors (Lipinski definition) is 2. The SMILES string of the molecule is c1cc(-c2ccc3oc4ccc5c6ccccc6oc5c4c3c2)cc(-c2c3ccccc3c(-c3ccc4ccccc4c3)c3ccccc23)c1. The third kappa shape index (κ3) is 3.96. The fourth-order valence-electron chi connectivity index (χ4n) is 8.17. The molecule has 0 amide bonds. The molecule has 0 aliphatic rings. The number of hydrogen-bond donors (Lipinski definition) is 0. The number of benzene rings is 9. The maximum atomic E-state index is 6.44. The molecule has 0 aliphatic carbocycles. The minimum Gasteiger partial charge on any atom is -0.456 e. The molecule has 232 valence electrons. The van der Waals surface area contributed by atoms with Crippen LogP contribution in [0.3, 0.4) is 0 Å². The van der Waals surface area contributed by atoms with Gasteiger partial charge in [-0.25, -0.2) is 0 Å². The van der Waals surface area contributed by atoms with Crippen LogP contribution >= 0.6 is 0 Å². The van der Waals surface area contributed by atoms with Crippen LogP contribution in [0.25, 0.3) is 110 Å². The highest BCUT2D eigenvalue weighted by Gasteiger charge is 2.19. The molecule has 0 unspecified atom stereocenters. The molecule has 0 spiro atoms. The molecule has 0 saturated heterocycles. The molecule has 11 aromatic rings. The van der Waals surface area contributed by atoms with Gasteiger partial charge < -0.3 is 8.83 Å². The Morgan fingerprint density at radius 1 is 0.280 bits per heavy atom. The molecule has 11 rings (SSSR count). The van der Waals surface area contributed by atoms with E-state index < -0.39 is 0 Å². The quantitative estimate of drug-likeness (QED) is 0.180. The van der Waals surface area contributed by atoms with Crippen molar-refractivity contribution >= 4 is 76.2 Å². The Morgan fingerprint density at radius 2 is 0.840 bits per heavy atom. The first-order valence-electron chi connectivity index (χ1n) is 17.1. The number of fused-ring (bicyclic) bond motifs is 10. The highest BCUT2D eigenvalue weighted by Crippen LogP contribution is 2.45. The maximum absolute atomic E-state index is 6.44. The average molecular weight is 637 g/mol. The molecule has 2 aromatic heterocycles. The van der Waals surface area contributed by atoms with Crippen LogP contribution in [0.2, 0.25) is 0 Å². The highest BCUT2D eigenvalue weighted by molar-refractivity contribution is 6.23. The van der Waals surface area contributed by atoms with E-state index in [1.165, 1.54) is 54.6 Å². The van der Waals surface area contributed by atoms with Crippen molar-refractivity contribution in [2.75, 3.05) is 0 Å². The molecule has 9 aromatic carbocycles. The van der Waals surface area contributed by atoms with E-state index in [1.807, 2.05) is 12.1 Å². The van der Waals surface area contributed by atoms with E-state index in [0.717, 1.165) is 55.0 Å². The summed E-state index contributed by atoms with van der Waals surface area (Å²) in [6, 6.07) is 61.1. The standard InChI is InChI=1S/C48H28O2/c1-2-11-30-26-34(21-20-29(30)10-1)46-38-17-5-3-15-36(38)45(37-16-4-6-18-39(37)46)33-13-9-12-31(27-33)32-22-24-43-41(28-32)47-44(49-43)25-23-40-35-14-7-8-19-42(35)50-48(40)47/h1-28H. The van der Waals surface area contributed by atoms with Crippen LogP contribution in [-0.2, 0) is 0 Å². The van der Waals surface area contributed by atoms with Gasteiger partial charge in [-0.1, -0.05) is 127 Å². The average Bonchev–Trinajstić information content (AvgIpc) is 3.75. The second kappa shape index (κ2) is 10.4. The first-order valence-corrected chi connectivity index (χ1v) is 17.1. The van der Waals surface area contributed by atoms with Crippen molar-refractivity contribution < 1.29 is 8.83 Å². The molecule has 0 N–H and O–H groups in total. The van der Waals surface area contributed by atoms with Crippen molar-refractivity contribution in [1.29, 1.82) is 0 Å². The number of para-hydroxylation sites is 1. The molecule has 0 bridgehead atoms. The van der Waals surface area contributed by atoms with E-state index >= 15 is 0 Å². The number of furan rings is 2. The summed E-state index contributed by atoms with van der Waals surface area (Å²) in [4.78, 5) is 0. The van der Waals surface area contributed by atoms with Gasteiger partial charge in [-0.05, 0) is 108 Å². The zero-order valence-corrected chi connectivity index (χ0v) is 27.0. The highest BCUT2D eigenvalue weighted by atomic mass is 16.3. The first-order chi connectivity index (χ1) is 24.8. The van der Waals surface area contributed by atoms with E-state index in [9.17, 15) is 0 Å². The molecular weight excluding hydrogens is 609 g/mol. The second-order valence-corrected chi connectivity index (χ2v) is 13.2. The Balaban J connectivity index is 1.12. The monoisotopic (exact) mass is 636 g/mol. The summed E-state index contributed by atoms with van der Waals surface area (Å²) < 4.78 is 12.8. The van der Waals surface area contributed by atoms with E-state index in [1.54, 1.807) is 0 Å². The predicted octanol–water partition coefficient (Wildman–Crippen LogP) is 13.9. The van der Waals surface area contributed by atoms with Crippen molar-refractivity contribution in [3.05, 3.63) is 170 Å². The van der Waals surface area contributed by atoms with Crippen molar-refractivity contribution in [3.8, 4) is 33.4 Å². The largest absolute Gasteiger partial charge is 0.456 e. The molecule has 0 saturated carbocycles. The summed E-state index contributed by atoms with van der Waals surface area (Å²) in [6.45, 7) is 0. The molecule has 0 aliphatic heterocycles. The van der Waals surface area contributed by atoms with Crippen molar-refractivity contribution in [2.24, 2.45) is 0 Å². The minimum absolute atomic E-state index is 0.835. The summed E-state index contributed by atoms with van der Waals surface area (Å²) in [7, 11) is 0. The van der Waals surface area contributed by atoms with Crippen LogP contribution < -0.4 is 0 Å². The lowest BCUT2D eigenvalue weighted by Crippen LogP contribution is -1.91. The van der Waals surface area contributed by atoms with Crippen molar-refractivity contribution in [3.63, 3.8) is 0 Å². The molecule has 0 fully saturated rings. The fraction of sp³-hybridized carbons (Fsp3) is 0. The van der Waals surface area contributed by atoms with Crippen LogP contribution in [-0.4, -0.2) is 0 Å². The van der Waals surface area contributed by atoms with Crippen molar-refractivity contribution in [1.82, 2.24) is 0 Å². The van der Waals surface area contributed by atoms with E-state index in [4.69, 9.17) is 8.83 Å². The molecule has 2 heteroatoms. The Bertz CT molecular complexity index is 3100. The lowest BCUT2D eigenvalue weighted by molar-refractivity contribution is 0.663. The molecule has 50 heavy (non-hydrogen) atoms. The van der Waals surface area contributed by atoms with Gasteiger partial charge in [0.05, 0.1) is 5.39 Å². The van der Waals surface area contributed by atoms with Gasteiger partial charge in [0.15, 0.2) is 0 Å². The Hall–Kier alpha value is -6.64. The summed E-state index contributed by atoms with van der Waals surface area (Å²) in [5.74, 6) is 0. The molecule has 0 radical (unpaired) electrons. The number of rotatable bonds is 3. The summed E-state index contributed by atoms with van der Waals surface area (Å²) in [6.07, 6.45) is 0.